The molecule has 11 heteroatoms. The van der Waals surface area contributed by atoms with Crippen molar-refractivity contribution in [1.29, 1.82) is 0 Å². The van der Waals surface area contributed by atoms with E-state index in [0.717, 1.165) is 38.5 Å². The number of carbonyl (C=O) groups excluding carboxylic acids is 3. The highest BCUT2D eigenvalue weighted by atomic mass is 16.6. The molecule has 0 saturated carbocycles. The molecule has 1 saturated heterocycles. The van der Waals surface area contributed by atoms with Gasteiger partial charge < -0.3 is 35.4 Å². The van der Waals surface area contributed by atoms with Crippen LogP contribution in [0.1, 0.15) is 199 Å². The molecule has 59 heavy (non-hydrogen) atoms. The molecule has 5 N–H and O–H groups in total. The fourth-order valence-corrected chi connectivity index (χ4v) is 8.20. The van der Waals surface area contributed by atoms with E-state index >= 15 is 0 Å². The summed E-state index contributed by atoms with van der Waals surface area (Å²) in [5.41, 5.74) is 6.48. The Balaban J connectivity index is 2.07. The van der Waals surface area contributed by atoms with Gasteiger partial charge in [0, 0.05) is 13.0 Å². The van der Waals surface area contributed by atoms with Gasteiger partial charge in [0.1, 0.15) is 31.0 Å². The number of ether oxygens (including phenoxy) is 2. The summed E-state index contributed by atoms with van der Waals surface area (Å²) in [4.78, 5) is 43.5. The van der Waals surface area contributed by atoms with E-state index in [1.54, 1.807) is 24.3 Å². The van der Waals surface area contributed by atoms with E-state index in [2.05, 4.69) is 13.8 Å². The number of imide groups is 1. The molecule has 5 atom stereocenters. The predicted octanol–water partition coefficient (Wildman–Crippen LogP) is 9.71. The van der Waals surface area contributed by atoms with Crippen molar-refractivity contribution in [1.82, 2.24) is 9.80 Å². The summed E-state index contributed by atoms with van der Waals surface area (Å²) in [7, 11) is 0. The lowest BCUT2D eigenvalue weighted by atomic mass is 9.93. The van der Waals surface area contributed by atoms with Crippen LogP contribution in [0.2, 0.25) is 0 Å². The second-order valence-electron chi connectivity index (χ2n) is 16.9. The summed E-state index contributed by atoms with van der Waals surface area (Å²) in [5, 5.41) is 32.7. The molecule has 3 amide bonds. The number of carbonyl (C=O) groups is 3. The molecule has 1 aliphatic rings. The van der Waals surface area contributed by atoms with Crippen LogP contribution in [0.5, 0.6) is 0 Å². The summed E-state index contributed by atoms with van der Waals surface area (Å²) in [6.07, 6.45) is 25.2. The SMILES string of the molecule is CCCCCCCCCCCCCCCCCCN(C(=O)CCCCCCCCCCCCC)[C@@H]1O[C@H](CO)[C@H](O)[C@H](O)[C@H]1N(C(=O)CN)C(=O)OCc1ccccc1. The first-order valence-corrected chi connectivity index (χ1v) is 23.9. The van der Waals surface area contributed by atoms with Gasteiger partial charge in [0.25, 0.3) is 0 Å². The Kier molecular flexibility index (Phi) is 30.4. The van der Waals surface area contributed by atoms with E-state index in [1.807, 2.05) is 6.07 Å². The monoisotopic (exact) mass is 832 g/mol. The van der Waals surface area contributed by atoms with Gasteiger partial charge >= 0.3 is 6.09 Å². The average Bonchev–Trinajstić information content (AvgIpc) is 3.25. The third kappa shape index (κ3) is 21.7. The normalized spacial score (nSPS) is 19.1. The minimum atomic E-state index is -1.74. The van der Waals surface area contributed by atoms with Crippen molar-refractivity contribution in [3.63, 3.8) is 0 Å². The smallest absolute Gasteiger partial charge is 0.417 e. The summed E-state index contributed by atoms with van der Waals surface area (Å²) < 4.78 is 11.7. The Morgan fingerprint density at radius 2 is 1.07 bits per heavy atom. The molecule has 0 unspecified atom stereocenters. The molecule has 1 aromatic carbocycles. The maximum atomic E-state index is 14.2. The van der Waals surface area contributed by atoms with Crippen LogP contribution < -0.4 is 5.73 Å². The van der Waals surface area contributed by atoms with Crippen molar-refractivity contribution < 1.29 is 39.2 Å². The number of unbranched alkanes of at least 4 members (excludes halogenated alkanes) is 25. The lowest BCUT2D eigenvalue weighted by Crippen LogP contribution is -2.70. The van der Waals surface area contributed by atoms with Gasteiger partial charge in [-0.1, -0.05) is 205 Å². The summed E-state index contributed by atoms with van der Waals surface area (Å²) in [5.74, 6) is -1.08. The highest BCUT2D eigenvalue weighted by Crippen LogP contribution is 2.30. The Labute approximate surface area is 358 Å². The molecule has 0 spiro atoms. The third-order valence-corrected chi connectivity index (χ3v) is 11.9. The maximum Gasteiger partial charge on any atom is 0.417 e. The van der Waals surface area contributed by atoms with Crippen molar-refractivity contribution in [3.05, 3.63) is 35.9 Å². The van der Waals surface area contributed by atoms with E-state index in [0.29, 0.717) is 23.3 Å². The fraction of sp³-hybridized carbons (Fsp3) is 0.812. The molecule has 1 fully saturated rings. The van der Waals surface area contributed by atoms with Crippen LogP contribution in [0, 0.1) is 0 Å². The first-order chi connectivity index (χ1) is 28.8. The van der Waals surface area contributed by atoms with Gasteiger partial charge in [0.15, 0.2) is 6.23 Å². The number of hydrogen-bond donors (Lipinski definition) is 4. The molecule has 0 bridgehead atoms. The average molecular weight is 832 g/mol. The van der Waals surface area contributed by atoms with Crippen molar-refractivity contribution in [2.24, 2.45) is 5.73 Å². The van der Waals surface area contributed by atoms with Gasteiger partial charge in [0.2, 0.25) is 11.8 Å². The first kappa shape index (κ1) is 52.6. The molecule has 0 aromatic heterocycles. The van der Waals surface area contributed by atoms with E-state index in [9.17, 15) is 29.7 Å². The summed E-state index contributed by atoms with van der Waals surface area (Å²) in [6, 6.07) is 7.44. The third-order valence-electron chi connectivity index (χ3n) is 11.9. The maximum absolute atomic E-state index is 14.2. The number of hydrogen-bond acceptors (Lipinski definition) is 9. The van der Waals surface area contributed by atoms with Gasteiger partial charge in [0.05, 0.1) is 13.2 Å². The Morgan fingerprint density at radius 3 is 1.51 bits per heavy atom. The standard InChI is InChI=1S/C48H85N3O8/c1-3-5-7-9-11-13-15-16-17-18-19-21-23-25-27-32-36-50(42(53)35-31-26-24-22-20-14-12-10-8-6-4-2)47-44(46(56)45(55)41(38-52)59-47)51(43(54)37-49)48(57)58-39-40-33-29-28-30-34-40/h28-30,33-34,41,44-47,52,55-56H,3-27,31-32,35-39,49H2,1-2H3/t41-,44-,45+,46-,47-/m1/s1. The fourth-order valence-electron chi connectivity index (χ4n) is 8.20. The topological polar surface area (TPSA) is 163 Å². The molecule has 0 radical (unpaired) electrons. The van der Waals surface area contributed by atoms with Crippen LogP contribution in [0.4, 0.5) is 4.79 Å². The molecular formula is C48H85N3O8. The van der Waals surface area contributed by atoms with Crippen molar-refractivity contribution in [3.8, 4) is 0 Å². The molecule has 1 aromatic rings. The molecule has 340 valence electrons. The molecule has 11 nitrogen and oxygen atoms in total. The zero-order valence-corrected chi connectivity index (χ0v) is 37.3. The zero-order valence-electron chi connectivity index (χ0n) is 37.3. The minimum Gasteiger partial charge on any atom is -0.444 e. The number of benzene rings is 1. The number of amides is 3. The molecule has 0 aliphatic carbocycles. The Bertz CT molecular complexity index is 1210. The molecular weight excluding hydrogens is 747 g/mol. The van der Waals surface area contributed by atoms with Gasteiger partial charge in [-0.05, 0) is 18.4 Å². The van der Waals surface area contributed by atoms with Gasteiger partial charge in [-0.25, -0.2) is 9.69 Å². The first-order valence-electron chi connectivity index (χ1n) is 23.9. The van der Waals surface area contributed by atoms with Gasteiger partial charge in [-0.2, -0.15) is 0 Å². The lowest BCUT2D eigenvalue weighted by Gasteiger charge is -2.49. The largest absolute Gasteiger partial charge is 0.444 e. The molecule has 2 rings (SSSR count). The lowest BCUT2D eigenvalue weighted by molar-refractivity contribution is -0.244. The molecule has 1 aliphatic heterocycles. The minimum absolute atomic E-state index is 0.148. The van der Waals surface area contributed by atoms with Crippen LogP contribution in [0.25, 0.3) is 0 Å². The van der Waals surface area contributed by atoms with E-state index in [4.69, 9.17) is 15.2 Å². The second-order valence-corrected chi connectivity index (χ2v) is 16.9. The van der Waals surface area contributed by atoms with Crippen molar-refractivity contribution >= 4 is 17.9 Å². The second kappa shape index (κ2) is 34.1. The van der Waals surface area contributed by atoms with Crippen LogP contribution in [-0.2, 0) is 25.7 Å². The van der Waals surface area contributed by atoms with Crippen molar-refractivity contribution in [2.45, 2.75) is 231 Å². The number of aliphatic hydroxyl groups is 3. The molecule has 1 heterocycles. The summed E-state index contributed by atoms with van der Waals surface area (Å²) in [6.45, 7) is 3.39. The van der Waals surface area contributed by atoms with Crippen LogP contribution >= 0.6 is 0 Å². The summed E-state index contributed by atoms with van der Waals surface area (Å²) >= 11 is 0. The number of aliphatic hydroxyl groups excluding tert-OH is 3. The predicted molar refractivity (Wildman–Crippen MR) is 236 cm³/mol. The van der Waals surface area contributed by atoms with E-state index < -0.39 is 55.7 Å². The number of rotatable bonds is 35. The number of nitrogens with two attached hydrogens (primary N) is 1. The van der Waals surface area contributed by atoms with Crippen molar-refractivity contribution in [2.75, 3.05) is 19.7 Å². The van der Waals surface area contributed by atoms with Crippen LogP contribution in [-0.4, -0.2) is 93.3 Å². The van der Waals surface area contributed by atoms with Gasteiger partial charge in [-0.15, -0.1) is 0 Å². The highest BCUT2D eigenvalue weighted by Gasteiger charge is 2.53. The van der Waals surface area contributed by atoms with Gasteiger partial charge in [-0.3, -0.25) is 9.59 Å². The number of nitrogens with zero attached hydrogens (tertiary/aromatic N) is 2. The van der Waals surface area contributed by atoms with Crippen LogP contribution in [0.3, 0.4) is 0 Å². The quantitative estimate of drug-likeness (QED) is 0.0488. The van der Waals surface area contributed by atoms with E-state index in [-0.39, 0.29) is 25.5 Å². The zero-order chi connectivity index (χ0) is 42.9. The van der Waals surface area contributed by atoms with Crippen LogP contribution in [0.15, 0.2) is 30.3 Å². The Morgan fingerprint density at radius 1 is 0.627 bits per heavy atom. The highest BCUT2D eigenvalue weighted by molar-refractivity contribution is 5.93. The Hall–Kier alpha value is -2.57. The van der Waals surface area contributed by atoms with E-state index in [1.165, 1.54) is 127 Å².